The van der Waals surface area contributed by atoms with Gasteiger partial charge >= 0.3 is 48.3 Å². The molecule has 4 aliphatic rings. The highest BCUT2D eigenvalue weighted by Gasteiger charge is 2.38. The molecule has 4 saturated heterocycles. The topological polar surface area (TPSA) is 430 Å². The fourth-order valence-electron chi connectivity index (χ4n) is 13.2. The number of hydrogen-bond donors (Lipinski definition) is 7. The number of alkyl halides is 3. The van der Waals surface area contributed by atoms with Gasteiger partial charge in [0.25, 0.3) is 0 Å². The van der Waals surface area contributed by atoms with E-state index < -0.39 is 46.9 Å². The number of aromatic nitrogens is 6. The van der Waals surface area contributed by atoms with E-state index in [-0.39, 0.29) is 78.5 Å². The Morgan fingerprint density at radius 3 is 1.31 bits per heavy atom. The molecule has 648 valence electrons. The summed E-state index contributed by atoms with van der Waals surface area (Å²) in [5.41, 5.74) is 2.03. The molecule has 0 spiro atoms. The second-order valence-corrected chi connectivity index (χ2v) is 32.7. The van der Waals surface area contributed by atoms with Crippen molar-refractivity contribution >= 4 is 131 Å². The van der Waals surface area contributed by atoms with E-state index in [4.69, 9.17) is 50.7 Å². The first kappa shape index (κ1) is 97.6. The fourth-order valence-corrected chi connectivity index (χ4v) is 14.6. The highest BCUT2D eigenvalue weighted by atomic mass is 79.9. The molecule has 8 aromatic rings. The van der Waals surface area contributed by atoms with Crippen molar-refractivity contribution in [1.82, 2.24) is 34.6 Å². The zero-order valence-electron chi connectivity index (χ0n) is 67.5. The monoisotopic (exact) mass is 1840 g/mol. The van der Waals surface area contributed by atoms with Crippen molar-refractivity contribution in [2.24, 2.45) is 23.7 Å². The summed E-state index contributed by atoms with van der Waals surface area (Å²) in [4.78, 5) is 92.8. The van der Waals surface area contributed by atoms with Crippen molar-refractivity contribution in [3.05, 3.63) is 189 Å². The average molecular weight is 1840 g/mol. The van der Waals surface area contributed by atoms with E-state index in [1.54, 1.807) is 60.9 Å². The average Bonchev–Trinajstić information content (AvgIpc) is 1.04. The number of aromatic carboxylic acids is 3. The number of carboxylic acids is 3. The number of rotatable bonds is 26. The summed E-state index contributed by atoms with van der Waals surface area (Å²) >= 11 is 12.3. The van der Waals surface area contributed by atoms with E-state index in [1.807, 2.05) is 4.90 Å². The summed E-state index contributed by atoms with van der Waals surface area (Å²) in [6.07, 6.45) is 8.75. The van der Waals surface area contributed by atoms with Gasteiger partial charge in [0.1, 0.15) is 0 Å². The van der Waals surface area contributed by atoms with Crippen LogP contribution in [0.5, 0.6) is 0 Å². The fraction of sp³-hybridized carbons (Fsp3) is 0.463. The molecule has 7 N–H and O–H groups in total. The van der Waals surface area contributed by atoms with Gasteiger partial charge in [-0.05, 0) is 154 Å². The molecule has 3 aromatic carbocycles. The van der Waals surface area contributed by atoms with Crippen LogP contribution in [0, 0.1) is 54.0 Å². The Hall–Kier alpha value is -9.55. The van der Waals surface area contributed by atoms with Crippen LogP contribution < -0.4 is 30.8 Å². The van der Waals surface area contributed by atoms with Crippen molar-refractivity contribution in [2.45, 2.75) is 137 Å². The van der Waals surface area contributed by atoms with Gasteiger partial charge in [-0.15, -0.1) is 0 Å². The van der Waals surface area contributed by atoms with E-state index >= 15 is 0 Å². The van der Waals surface area contributed by atoms with E-state index in [1.165, 1.54) is 73.8 Å². The second kappa shape index (κ2) is 48.2. The predicted octanol–water partition coefficient (Wildman–Crippen LogP) is 16.0. The minimum Gasteiger partial charge on any atom is -0.478 e. The van der Waals surface area contributed by atoms with Gasteiger partial charge in [-0.1, -0.05) is 122 Å². The number of halogens is 6. The molecule has 0 amide bonds. The van der Waals surface area contributed by atoms with Crippen molar-refractivity contribution in [3.8, 4) is 22.3 Å². The maximum Gasteiger partial charge on any atom is 0.489 e. The lowest BCUT2D eigenvalue weighted by Gasteiger charge is -2.37. The number of anilines is 5. The molecule has 120 heavy (non-hydrogen) atoms. The highest BCUT2D eigenvalue weighted by Crippen LogP contribution is 2.40. The Morgan fingerprint density at radius 2 is 0.917 bits per heavy atom. The normalized spacial score (nSPS) is 14.6. The SMILES string of the molecule is CC(C)CN(c1ncc(-c2ccccc2C(=O)O)cc1Nc1nc(C(F)(F)F)ns1)C1CCOCC1.CC(C)CN(c1ncc(-c2ccccc2C(=O)O)cc1[N+](=O)[O-])C1CCOCC1.CC(C)CN(c1ncc(Br)cc1[N+](=O)[O-])C1CCOCC1.CC(C)CNC1CCOCC1.O=C(O)c1ccccc1B(O)O.O=[N+]([O-])c1cc(Br)cnc1Cl. The largest absolute Gasteiger partial charge is 0.489 e. The standard InChI is InChI=1S/C24H26F3N5O3S.C21H25N3O5.C14H20BrN3O3.C9H19NO.C7H7BO4.C5H2BrClN2O2/c1-14(2)13-32(16-7-9-35-10-8-16)20-19(29-23-30-22(31-36-23)24(25,26)27)11-15(12-28-20)17-5-3-4-6-18(17)21(33)34;1-14(2)13-23(16-7-9-29-10-8-16)20-19(24(27)28)11-15(12-22-20)17-5-3-4-6-18(17)21(25)26;1-10(2)9-17(12-3-5-21-6-4-12)14-13(18(19)20)7-11(15)8-16-14;1-8(2)7-10-9-3-5-11-6-4-9;9-7(10)5-3-1-2-4-6(5)8(11)12;6-3-1-4(9(10)11)5(7)8-2-3/h3-6,11-12,14,16H,7-10,13H2,1-2H3,(H,33,34)(H,29,30,31);3-6,11-12,14,16H,7-10,13H2,1-2H3,(H,25,26);7-8,10,12H,3-6,9H2,1-2H3;8-10H,3-7H2,1-2H3;1-4,11-12H,(H,9,10);1-2H. The van der Waals surface area contributed by atoms with Gasteiger partial charge < -0.3 is 69.6 Å². The van der Waals surface area contributed by atoms with Gasteiger partial charge in [0.15, 0.2) is 5.82 Å². The summed E-state index contributed by atoms with van der Waals surface area (Å²) < 4.78 is 65.5. The van der Waals surface area contributed by atoms with Crippen molar-refractivity contribution in [2.75, 3.05) is 99.1 Å². The van der Waals surface area contributed by atoms with Crippen LogP contribution in [0.4, 0.5) is 58.5 Å². The molecule has 5 aromatic heterocycles. The zero-order valence-corrected chi connectivity index (χ0v) is 72.2. The predicted molar refractivity (Wildman–Crippen MR) is 458 cm³/mol. The third kappa shape index (κ3) is 30.3. The third-order valence-corrected chi connectivity index (χ3v) is 20.5. The van der Waals surface area contributed by atoms with Crippen LogP contribution in [0.25, 0.3) is 22.3 Å². The van der Waals surface area contributed by atoms with Crippen molar-refractivity contribution in [1.29, 1.82) is 0 Å². The zero-order chi connectivity index (χ0) is 87.9. The van der Waals surface area contributed by atoms with Crippen LogP contribution in [-0.2, 0) is 25.1 Å². The maximum absolute atomic E-state index is 13.1. The van der Waals surface area contributed by atoms with Gasteiger partial charge in [-0.3, -0.25) is 30.3 Å². The van der Waals surface area contributed by atoms with E-state index in [0.717, 1.165) is 70.7 Å². The molecule has 0 unspecified atom stereocenters. The summed E-state index contributed by atoms with van der Waals surface area (Å²) in [5.74, 6) is -1.48. The molecule has 12 rings (SSSR count). The number of carbonyl (C=O) groups is 3. The molecule has 4 aliphatic heterocycles. The van der Waals surface area contributed by atoms with E-state index in [2.05, 4.69) is 132 Å². The summed E-state index contributed by atoms with van der Waals surface area (Å²) in [7, 11) is -1.74. The first-order chi connectivity index (χ1) is 57.0. The number of pyridine rings is 4. The van der Waals surface area contributed by atoms with Crippen LogP contribution in [0.1, 0.15) is 144 Å². The van der Waals surface area contributed by atoms with Gasteiger partial charge in [-0.25, -0.2) is 34.3 Å². The lowest BCUT2D eigenvalue weighted by molar-refractivity contribution is -0.385. The van der Waals surface area contributed by atoms with Crippen molar-refractivity contribution in [3.63, 3.8) is 0 Å². The van der Waals surface area contributed by atoms with Crippen LogP contribution >= 0.6 is 55.0 Å². The molecular formula is C80H99BBr2ClF3N14O18S. The molecule has 9 heterocycles. The Balaban J connectivity index is 0.000000211. The molecule has 40 heteroatoms. The third-order valence-electron chi connectivity index (χ3n) is 18.7. The first-order valence-electron chi connectivity index (χ1n) is 38.8. The number of ether oxygens (including phenoxy) is 4. The summed E-state index contributed by atoms with van der Waals surface area (Å²) in [6.45, 7) is 25.9. The van der Waals surface area contributed by atoms with E-state index in [0.29, 0.717) is 136 Å². The molecule has 0 aliphatic carbocycles. The molecule has 0 bridgehead atoms. The van der Waals surface area contributed by atoms with Gasteiger partial charge in [0, 0.05) is 171 Å². The van der Waals surface area contributed by atoms with Crippen molar-refractivity contribution < 1.29 is 86.6 Å². The highest BCUT2D eigenvalue weighted by molar-refractivity contribution is 9.10. The van der Waals surface area contributed by atoms with Gasteiger partial charge in [-0.2, -0.15) is 22.5 Å². The maximum atomic E-state index is 13.1. The molecule has 0 saturated carbocycles. The smallest absolute Gasteiger partial charge is 0.478 e. The minimum atomic E-state index is -4.66. The molecule has 0 radical (unpaired) electrons. The number of nitrogens with zero attached hydrogens (tertiary/aromatic N) is 12. The van der Waals surface area contributed by atoms with Crippen LogP contribution in [0.3, 0.4) is 0 Å². The minimum absolute atomic E-state index is 0.00463. The lowest BCUT2D eigenvalue weighted by atomic mass is 9.77. The number of benzene rings is 3. The number of hydrogen-bond acceptors (Lipinski definition) is 27. The van der Waals surface area contributed by atoms with Gasteiger partial charge in [0.05, 0.1) is 37.1 Å². The molecule has 0 atom stereocenters. The second-order valence-electron chi connectivity index (χ2n) is 29.8. The Morgan fingerprint density at radius 1 is 0.542 bits per heavy atom. The van der Waals surface area contributed by atoms with E-state index in [9.17, 15) is 68.1 Å². The number of nitro groups is 3. The molecule has 4 fully saturated rings. The quantitative estimate of drug-likeness (QED) is 0.0115. The Bertz CT molecular complexity index is 4680. The van der Waals surface area contributed by atoms with Crippen LogP contribution in [0.15, 0.2) is 131 Å². The Labute approximate surface area is 718 Å². The van der Waals surface area contributed by atoms with Gasteiger partial charge in [0.2, 0.25) is 27.7 Å². The lowest BCUT2D eigenvalue weighted by Crippen LogP contribution is -2.42. The molecular weight excluding hydrogens is 1740 g/mol. The number of carboxylic acid groups (broad SMARTS) is 3. The first-order valence-corrected chi connectivity index (χ1v) is 41.5. The summed E-state index contributed by atoms with van der Waals surface area (Å²) in [5, 5.41) is 85.0. The Kier molecular flexibility index (Phi) is 39.2. The van der Waals surface area contributed by atoms with Crippen LogP contribution in [0.2, 0.25) is 5.15 Å². The number of nitrogens with one attached hydrogen (secondary N) is 2. The van der Waals surface area contributed by atoms with Crippen LogP contribution in [-0.4, -0.2) is 198 Å². The summed E-state index contributed by atoms with van der Waals surface area (Å²) in [6, 6.07) is 25.8. The molecule has 32 nitrogen and oxygen atoms in total.